The molecule has 0 spiro atoms. The second kappa shape index (κ2) is 9.07. The fourth-order valence-electron chi connectivity index (χ4n) is 3.03. The summed E-state index contributed by atoms with van der Waals surface area (Å²) in [5.41, 5.74) is 1.47. The van der Waals surface area contributed by atoms with Crippen molar-refractivity contribution in [1.29, 1.82) is 0 Å². The number of thiazole rings is 1. The van der Waals surface area contributed by atoms with Gasteiger partial charge in [0.25, 0.3) is 5.91 Å². The van der Waals surface area contributed by atoms with Gasteiger partial charge in [-0.1, -0.05) is 47.7 Å². The van der Waals surface area contributed by atoms with Gasteiger partial charge < -0.3 is 9.64 Å². The topological polar surface area (TPSA) is 45.7 Å². The molecule has 0 aliphatic heterocycles. The molecule has 0 fully saturated rings. The minimum atomic E-state index is -0.0885. The van der Waals surface area contributed by atoms with E-state index < -0.39 is 0 Å². The van der Waals surface area contributed by atoms with E-state index in [1.54, 1.807) is 11.0 Å². The molecule has 4 rings (SSSR count). The maximum absolute atomic E-state index is 13.5. The van der Waals surface area contributed by atoms with Gasteiger partial charge in [0.15, 0.2) is 5.13 Å². The van der Waals surface area contributed by atoms with Crippen molar-refractivity contribution in [2.45, 2.75) is 0 Å². The van der Waals surface area contributed by atoms with Crippen LogP contribution in [0.4, 0.5) is 5.13 Å². The summed E-state index contributed by atoms with van der Waals surface area (Å²) < 4.78 is 6.97. The quantitative estimate of drug-likeness (QED) is 0.409. The Kier molecular flexibility index (Phi) is 6.07. The average Bonchev–Trinajstić information content (AvgIpc) is 3.18. The van der Waals surface area contributed by atoms with Crippen LogP contribution in [0.2, 0.25) is 0 Å². The number of fused-ring (bicyclic) bond motifs is 1. The molecule has 0 N–H and O–H groups in total. The van der Waals surface area contributed by atoms with Gasteiger partial charge in [0.05, 0.1) is 10.2 Å². The maximum atomic E-state index is 13.5. The second-order valence-electron chi connectivity index (χ2n) is 7.17. The van der Waals surface area contributed by atoms with Crippen LogP contribution in [0.15, 0.2) is 78.9 Å². The van der Waals surface area contributed by atoms with Crippen LogP contribution in [0.1, 0.15) is 10.4 Å². The lowest BCUT2D eigenvalue weighted by molar-refractivity contribution is 0.0985. The number of carbonyl (C=O) groups excluding carboxylic acids is 1. The minimum Gasteiger partial charge on any atom is -0.457 e. The highest BCUT2D eigenvalue weighted by Gasteiger charge is 2.22. The zero-order valence-corrected chi connectivity index (χ0v) is 17.8. The van der Waals surface area contributed by atoms with E-state index in [0.29, 0.717) is 23.0 Å². The van der Waals surface area contributed by atoms with Gasteiger partial charge in [-0.15, -0.1) is 0 Å². The van der Waals surface area contributed by atoms with Gasteiger partial charge in [0, 0.05) is 18.7 Å². The molecule has 0 radical (unpaired) electrons. The number of para-hydroxylation sites is 2. The highest BCUT2D eigenvalue weighted by Crippen LogP contribution is 2.30. The predicted molar refractivity (Wildman–Crippen MR) is 123 cm³/mol. The van der Waals surface area contributed by atoms with Crippen LogP contribution in [0, 0.1) is 0 Å². The molecule has 5 nitrogen and oxygen atoms in total. The number of ether oxygens (including phenoxy) is 1. The van der Waals surface area contributed by atoms with Gasteiger partial charge in [-0.3, -0.25) is 9.69 Å². The number of amides is 1. The van der Waals surface area contributed by atoms with Crippen molar-refractivity contribution in [3.8, 4) is 11.5 Å². The lowest BCUT2D eigenvalue weighted by atomic mass is 10.2. The third-order valence-electron chi connectivity index (χ3n) is 4.59. The Morgan fingerprint density at radius 1 is 0.900 bits per heavy atom. The van der Waals surface area contributed by atoms with E-state index in [-0.39, 0.29) is 5.91 Å². The zero-order chi connectivity index (χ0) is 20.9. The number of hydrogen-bond donors (Lipinski definition) is 0. The number of aromatic nitrogens is 1. The molecule has 30 heavy (non-hydrogen) atoms. The Bertz CT molecular complexity index is 1110. The molecule has 0 unspecified atom stereocenters. The number of likely N-dealkylation sites (N-methyl/N-ethyl adjacent to an activating group) is 1. The molecule has 152 valence electrons. The van der Waals surface area contributed by atoms with Gasteiger partial charge in [0.2, 0.25) is 0 Å². The predicted octanol–water partition coefficient (Wildman–Crippen LogP) is 5.30. The summed E-state index contributed by atoms with van der Waals surface area (Å²) in [5.74, 6) is 1.27. The Morgan fingerprint density at radius 3 is 2.40 bits per heavy atom. The number of carbonyl (C=O) groups is 1. The van der Waals surface area contributed by atoms with Crippen molar-refractivity contribution in [3.05, 3.63) is 84.4 Å². The van der Waals surface area contributed by atoms with Crippen LogP contribution in [-0.2, 0) is 0 Å². The van der Waals surface area contributed by atoms with E-state index >= 15 is 0 Å². The zero-order valence-electron chi connectivity index (χ0n) is 17.0. The first-order valence-corrected chi connectivity index (χ1v) is 10.6. The first kappa shape index (κ1) is 20.1. The summed E-state index contributed by atoms with van der Waals surface area (Å²) >= 11 is 1.53. The van der Waals surface area contributed by atoms with E-state index in [0.717, 1.165) is 22.5 Å². The standard InChI is InChI=1S/C24H23N3O2S/c1-26(2)15-16-27(24-25-21-13-6-7-14-22(21)30-24)23(28)18-9-8-12-20(17-18)29-19-10-4-3-5-11-19/h3-14,17H,15-16H2,1-2H3. The molecular formula is C24H23N3O2S. The Morgan fingerprint density at radius 2 is 1.63 bits per heavy atom. The molecule has 4 aromatic rings. The molecule has 1 aromatic heterocycles. The summed E-state index contributed by atoms with van der Waals surface area (Å²) in [6.07, 6.45) is 0. The van der Waals surface area contributed by atoms with Crippen molar-refractivity contribution >= 4 is 32.6 Å². The van der Waals surface area contributed by atoms with E-state index in [9.17, 15) is 4.79 Å². The largest absolute Gasteiger partial charge is 0.457 e. The van der Waals surface area contributed by atoms with Crippen LogP contribution in [0.3, 0.4) is 0 Å². The van der Waals surface area contributed by atoms with Crippen LogP contribution >= 0.6 is 11.3 Å². The lowest BCUT2D eigenvalue weighted by Crippen LogP contribution is -2.36. The fraction of sp³-hybridized carbons (Fsp3) is 0.167. The molecule has 1 heterocycles. The van der Waals surface area contributed by atoms with E-state index in [4.69, 9.17) is 9.72 Å². The van der Waals surface area contributed by atoms with Crippen LogP contribution in [0.5, 0.6) is 11.5 Å². The molecule has 0 aliphatic rings. The first-order valence-electron chi connectivity index (χ1n) is 9.75. The van der Waals surface area contributed by atoms with Crippen LogP contribution in [-0.4, -0.2) is 43.0 Å². The molecule has 3 aromatic carbocycles. The molecular weight excluding hydrogens is 394 g/mol. The average molecular weight is 418 g/mol. The van der Waals surface area contributed by atoms with Crippen molar-refractivity contribution in [3.63, 3.8) is 0 Å². The summed E-state index contributed by atoms with van der Waals surface area (Å²) in [6, 6.07) is 24.8. The summed E-state index contributed by atoms with van der Waals surface area (Å²) in [6.45, 7) is 1.29. The molecule has 1 amide bonds. The van der Waals surface area contributed by atoms with Crippen molar-refractivity contribution in [2.24, 2.45) is 0 Å². The fourth-order valence-corrected chi connectivity index (χ4v) is 4.02. The number of nitrogens with zero attached hydrogens (tertiary/aromatic N) is 3. The van der Waals surface area contributed by atoms with Gasteiger partial charge in [-0.05, 0) is 56.6 Å². The third kappa shape index (κ3) is 4.67. The van der Waals surface area contributed by atoms with E-state index in [1.807, 2.05) is 86.9 Å². The van der Waals surface area contributed by atoms with Crippen LogP contribution in [0.25, 0.3) is 10.2 Å². The summed E-state index contributed by atoms with van der Waals surface area (Å²) in [7, 11) is 3.99. The Labute approximate surface area is 180 Å². The van der Waals surface area contributed by atoms with Crippen molar-refractivity contribution < 1.29 is 9.53 Å². The highest BCUT2D eigenvalue weighted by molar-refractivity contribution is 7.22. The second-order valence-corrected chi connectivity index (χ2v) is 8.18. The van der Waals surface area contributed by atoms with E-state index in [2.05, 4.69) is 4.90 Å². The van der Waals surface area contributed by atoms with Crippen LogP contribution < -0.4 is 9.64 Å². The third-order valence-corrected chi connectivity index (χ3v) is 5.65. The smallest absolute Gasteiger partial charge is 0.260 e. The summed E-state index contributed by atoms with van der Waals surface area (Å²) in [5, 5.41) is 0.706. The number of anilines is 1. The van der Waals surface area contributed by atoms with Gasteiger partial charge in [0.1, 0.15) is 11.5 Å². The molecule has 0 saturated carbocycles. The first-order chi connectivity index (χ1) is 14.6. The molecule has 0 bridgehead atoms. The molecule has 0 saturated heterocycles. The summed E-state index contributed by atoms with van der Waals surface area (Å²) in [4.78, 5) is 22.0. The number of benzene rings is 3. The number of hydrogen-bond acceptors (Lipinski definition) is 5. The monoisotopic (exact) mass is 417 g/mol. The van der Waals surface area contributed by atoms with Gasteiger partial charge in [-0.2, -0.15) is 0 Å². The van der Waals surface area contributed by atoms with Crippen molar-refractivity contribution in [2.75, 3.05) is 32.1 Å². The van der Waals surface area contributed by atoms with Gasteiger partial charge >= 0.3 is 0 Å². The normalized spacial score (nSPS) is 11.0. The maximum Gasteiger partial charge on any atom is 0.260 e. The molecule has 0 aliphatic carbocycles. The Balaban J connectivity index is 1.63. The minimum absolute atomic E-state index is 0.0885. The molecule has 0 atom stereocenters. The van der Waals surface area contributed by atoms with E-state index in [1.165, 1.54) is 11.3 Å². The highest BCUT2D eigenvalue weighted by atomic mass is 32.1. The SMILES string of the molecule is CN(C)CCN(C(=O)c1cccc(Oc2ccccc2)c1)c1nc2ccccc2s1. The Hall–Kier alpha value is -3.22. The van der Waals surface area contributed by atoms with Crippen molar-refractivity contribution in [1.82, 2.24) is 9.88 Å². The lowest BCUT2D eigenvalue weighted by Gasteiger charge is -2.22. The molecule has 6 heteroatoms. The number of rotatable bonds is 7. The van der Waals surface area contributed by atoms with Gasteiger partial charge in [-0.25, -0.2) is 4.98 Å².